The Bertz CT molecular complexity index is 812. The van der Waals surface area contributed by atoms with Crippen molar-refractivity contribution in [2.45, 2.75) is 6.54 Å². The first-order valence-electron chi connectivity index (χ1n) is 6.35. The second kappa shape index (κ2) is 5.20. The van der Waals surface area contributed by atoms with Gasteiger partial charge in [-0.05, 0) is 24.3 Å². The summed E-state index contributed by atoms with van der Waals surface area (Å²) in [5.41, 5.74) is 0.881. The number of rotatable bonds is 4. The number of hydrogen-bond donors (Lipinski definition) is 2. The lowest BCUT2D eigenvalue weighted by Gasteiger charge is -2.06. The van der Waals surface area contributed by atoms with E-state index in [0.29, 0.717) is 29.1 Å². The minimum Gasteiger partial charge on any atom is -0.478 e. The molecule has 2 aromatic heterocycles. The van der Waals surface area contributed by atoms with Crippen molar-refractivity contribution < 1.29 is 9.90 Å². The molecule has 2 heterocycles. The number of hydrogen-bond acceptors (Lipinski definition) is 5. The van der Waals surface area contributed by atoms with E-state index in [1.165, 1.54) is 0 Å². The third-order valence-electron chi connectivity index (χ3n) is 3.04. The molecular weight excluding hydrogens is 270 g/mol. The molecule has 0 atom stereocenters. The molecule has 0 fully saturated rings. The van der Waals surface area contributed by atoms with Crippen LogP contribution in [0.25, 0.3) is 10.9 Å². The third-order valence-corrected chi connectivity index (χ3v) is 3.04. The van der Waals surface area contributed by atoms with Crippen molar-refractivity contribution in [1.82, 2.24) is 19.7 Å². The molecule has 0 spiro atoms. The Balaban J connectivity index is 1.86. The van der Waals surface area contributed by atoms with Gasteiger partial charge in [-0.3, -0.25) is 4.68 Å². The zero-order valence-electron chi connectivity index (χ0n) is 11.3. The van der Waals surface area contributed by atoms with E-state index < -0.39 is 5.97 Å². The molecule has 7 heteroatoms. The van der Waals surface area contributed by atoms with Gasteiger partial charge in [-0.25, -0.2) is 14.8 Å². The van der Waals surface area contributed by atoms with Crippen molar-refractivity contribution in [2.75, 3.05) is 5.32 Å². The monoisotopic (exact) mass is 283 g/mol. The minimum absolute atomic E-state index is 0.248. The van der Waals surface area contributed by atoms with Crippen LogP contribution in [0.4, 0.5) is 5.82 Å². The Morgan fingerprint density at radius 1 is 1.33 bits per heavy atom. The molecule has 3 rings (SSSR count). The maximum atomic E-state index is 11.2. The molecule has 3 aromatic rings. The van der Waals surface area contributed by atoms with Crippen molar-refractivity contribution in [3.8, 4) is 0 Å². The fraction of sp³-hybridized carbons (Fsp3) is 0.143. The summed E-state index contributed by atoms with van der Waals surface area (Å²) >= 11 is 0. The maximum absolute atomic E-state index is 11.2. The van der Waals surface area contributed by atoms with E-state index >= 15 is 0 Å². The molecular formula is C14H13N5O2. The van der Waals surface area contributed by atoms with Gasteiger partial charge in [0.25, 0.3) is 0 Å². The zero-order valence-corrected chi connectivity index (χ0v) is 11.3. The molecule has 0 aliphatic heterocycles. The lowest BCUT2D eigenvalue weighted by Crippen LogP contribution is -2.04. The summed E-state index contributed by atoms with van der Waals surface area (Å²) in [6.07, 6.45) is 1.63. The van der Waals surface area contributed by atoms with Crippen LogP contribution in [0.2, 0.25) is 0 Å². The normalized spacial score (nSPS) is 10.7. The number of aryl methyl sites for hydroxylation is 1. The third kappa shape index (κ3) is 2.66. The number of carboxylic acids is 1. The molecule has 0 unspecified atom stereocenters. The van der Waals surface area contributed by atoms with Gasteiger partial charge in [0.05, 0.1) is 17.6 Å². The lowest BCUT2D eigenvalue weighted by molar-refractivity contribution is 0.0699. The predicted octanol–water partition coefficient (Wildman–Crippen LogP) is 1.67. The topological polar surface area (TPSA) is 92.9 Å². The number of nitrogens with zero attached hydrogens (tertiary/aromatic N) is 4. The van der Waals surface area contributed by atoms with Gasteiger partial charge in [0.1, 0.15) is 12.1 Å². The van der Waals surface area contributed by atoms with Crippen molar-refractivity contribution in [1.29, 1.82) is 0 Å². The van der Waals surface area contributed by atoms with Crippen LogP contribution in [0.1, 0.15) is 16.2 Å². The Hall–Kier alpha value is -2.96. The maximum Gasteiger partial charge on any atom is 0.336 e. The van der Waals surface area contributed by atoms with Crippen molar-refractivity contribution in [2.24, 2.45) is 7.05 Å². The standard InChI is InChI=1S/C14H13N5O2/c1-19-8-16-13(18-19)7-15-12-6-5-9-10(14(20)21)3-2-4-11(9)17-12/h2-6,8H,7H2,1H3,(H,15,17)(H,20,21). The van der Waals surface area contributed by atoms with Crippen LogP contribution >= 0.6 is 0 Å². The van der Waals surface area contributed by atoms with Gasteiger partial charge in [0, 0.05) is 12.4 Å². The molecule has 0 amide bonds. The smallest absolute Gasteiger partial charge is 0.336 e. The first-order valence-corrected chi connectivity index (χ1v) is 6.35. The Morgan fingerprint density at radius 3 is 2.90 bits per heavy atom. The van der Waals surface area contributed by atoms with Gasteiger partial charge in [-0.2, -0.15) is 5.10 Å². The van der Waals surface area contributed by atoms with Gasteiger partial charge in [-0.1, -0.05) is 6.07 Å². The first-order chi connectivity index (χ1) is 10.1. The zero-order chi connectivity index (χ0) is 14.8. The van der Waals surface area contributed by atoms with Crippen molar-refractivity contribution in [3.63, 3.8) is 0 Å². The van der Waals surface area contributed by atoms with Gasteiger partial charge in [0.2, 0.25) is 0 Å². The Kier molecular flexibility index (Phi) is 3.23. The summed E-state index contributed by atoms with van der Waals surface area (Å²) in [5.74, 6) is 0.358. The van der Waals surface area contributed by atoms with Crippen LogP contribution in [0, 0.1) is 0 Å². The number of carbonyl (C=O) groups is 1. The van der Waals surface area contributed by atoms with E-state index in [9.17, 15) is 4.79 Å². The SMILES string of the molecule is Cn1cnc(CNc2ccc3c(C(=O)O)cccc3n2)n1. The molecule has 2 N–H and O–H groups in total. The highest BCUT2D eigenvalue weighted by atomic mass is 16.4. The number of benzene rings is 1. The van der Waals surface area contributed by atoms with Gasteiger partial charge >= 0.3 is 5.97 Å². The molecule has 0 aliphatic rings. The van der Waals surface area contributed by atoms with Crippen LogP contribution in [0.5, 0.6) is 0 Å². The molecule has 0 radical (unpaired) electrons. The molecule has 7 nitrogen and oxygen atoms in total. The predicted molar refractivity (Wildman–Crippen MR) is 77.0 cm³/mol. The largest absolute Gasteiger partial charge is 0.478 e. The minimum atomic E-state index is -0.958. The van der Waals surface area contributed by atoms with E-state index in [4.69, 9.17) is 5.11 Å². The molecule has 1 aromatic carbocycles. The fourth-order valence-electron chi connectivity index (χ4n) is 2.07. The molecule has 0 saturated heterocycles. The van der Waals surface area contributed by atoms with Crippen LogP contribution in [-0.4, -0.2) is 30.8 Å². The number of aromatic carboxylic acids is 1. The summed E-state index contributed by atoms with van der Waals surface area (Å²) < 4.78 is 1.63. The molecule has 21 heavy (non-hydrogen) atoms. The molecule has 0 aliphatic carbocycles. The van der Waals surface area contributed by atoms with E-state index in [2.05, 4.69) is 20.4 Å². The summed E-state index contributed by atoms with van der Waals surface area (Å²) in [4.78, 5) is 19.7. The van der Waals surface area contributed by atoms with Crippen molar-refractivity contribution in [3.05, 3.63) is 48.0 Å². The fourth-order valence-corrected chi connectivity index (χ4v) is 2.07. The average molecular weight is 283 g/mol. The summed E-state index contributed by atoms with van der Waals surface area (Å²) in [7, 11) is 1.80. The lowest BCUT2D eigenvalue weighted by atomic mass is 10.1. The number of carboxylic acid groups (broad SMARTS) is 1. The van der Waals surface area contributed by atoms with E-state index in [1.54, 1.807) is 48.4 Å². The van der Waals surface area contributed by atoms with Crippen LogP contribution in [0.3, 0.4) is 0 Å². The first kappa shape index (κ1) is 13.0. The highest BCUT2D eigenvalue weighted by Crippen LogP contribution is 2.19. The average Bonchev–Trinajstić information content (AvgIpc) is 2.89. The number of nitrogens with one attached hydrogen (secondary N) is 1. The highest BCUT2D eigenvalue weighted by molar-refractivity contribution is 6.02. The number of fused-ring (bicyclic) bond motifs is 1. The summed E-state index contributed by atoms with van der Waals surface area (Å²) in [5, 5.41) is 17.0. The van der Waals surface area contributed by atoms with Gasteiger partial charge in [0.15, 0.2) is 5.82 Å². The van der Waals surface area contributed by atoms with E-state index in [0.717, 1.165) is 0 Å². The summed E-state index contributed by atoms with van der Waals surface area (Å²) in [6, 6.07) is 8.53. The van der Waals surface area contributed by atoms with Crippen LogP contribution in [0.15, 0.2) is 36.7 Å². The Labute approximate surface area is 120 Å². The van der Waals surface area contributed by atoms with Crippen LogP contribution in [-0.2, 0) is 13.6 Å². The number of anilines is 1. The molecule has 0 bridgehead atoms. The quantitative estimate of drug-likeness (QED) is 0.756. The highest BCUT2D eigenvalue weighted by Gasteiger charge is 2.09. The molecule has 106 valence electrons. The van der Waals surface area contributed by atoms with Crippen molar-refractivity contribution >= 4 is 22.7 Å². The second-order valence-corrected chi connectivity index (χ2v) is 4.56. The van der Waals surface area contributed by atoms with E-state index in [1.807, 2.05) is 0 Å². The van der Waals surface area contributed by atoms with E-state index in [-0.39, 0.29) is 5.56 Å². The number of aromatic nitrogens is 4. The second-order valence-electron chi connectivity index (χ2n) is 4.56. The van der Waals surface area contributed by atoms with Gasteiger partial charge < -0.3 is 10.4 Å². The number of pyridine rings is 1. The van der Waals surface area contributed by atoms with Gasteiger partial charge in [-0.15, -0.1) is 0 Å². The summed E-state index contributed by atoms with van der Waals surface area (Å²) in [6.45, 7) is 0.456. The molecule has 0 saturated carbocycles. The van der Waals surface area contributed by atoms with Crippen LogP contribution < -0.4 is 5.32 Å². The Morgan fingerprint density at radius 2 is 2.19 bits per heavy atom.